The van der Waals surface area contributed by atoms with Crippen molar-refractivity contribution in [2.45, 2.75) is 6.92 Å². The molecule has 3 aromatic rings. The van der Waals surface area contributed by atoms with Crippen LogP contribution in [0.25, 0.3) is 10.8 Å². The minimum Gasteiger partial charge on any atom is -0.378 e. The minimum absolute atomic E-state index is 0.0255. The summed E-state index contributed by atoms with van der Waals surface area (Å²) in [5, 5.41) is 2.24. The fourth-order valence-electron chi connectivity index (χ4n) is 2.94. The normalized spacial score (nSPS) is 10.6. The van der Waals surface area contributed by atoms with Crippen LogP contribution < -0.4 is 9.80 Å². The summed E-state index contributed by atoms with van der Waals surface area (Å²) in [7, 11) is 3.96. The summed E-state index contributed by atoms with van der Waals surface area (Å²) < 4.78 is 0. The first-order valence-electron chi connectivity index (χ1n) is 8.19. The summed E-state index contributed by atoms with van der Waals surface area (Å²) in [5.74, 6) is 0.0255. The zero-order valence-electron chi connectivity index (χ0n) is 14.4. The van der Waals surface area contributed by atoms with Crippen molar-refractivity contribution in [3.05, 3.63) is 72.3 Å². The summed E-state index contributed by atoms with van der Waals surface area (Å²) >= 11 is 0. The first-order valence-corrected chi connectivity index (χ1v) is 8.19. The third-order valence-corrected chi connectivity index (χ3v) is 4.23. The zero-order valence-corrected chi connectivity index (χ0v) is 14.4. The van der Waals surface area contributed by atoms with Crippen LogP contribution in [0.3, 0.4) is 0 Å². The second kappa shape index (κ2) is 6.75. The number of amides is 1. The third kappa shape index (κ3) is 2.98. The molecule has 0 aliphatic heterocycles. The van der Waals surface area contributed by atoms with E-state index in [1.165, 1.54) is 0 Å². The lowest BCUT2D eigenvalue weighted by Gasteiger charge is -2.23. The van der Waals surface area contributed by atoms with Crippen LogP contribution in [0, 0.1) is 0 Å². The van der Waals surface area contributed by atoms with E-state index in [-0.39, 0.29) is 5.91 Å². The Kier molecular flexibility index (Phi) is 4.52. The van der Waals surface area contributed by atoms with E-state index in [0.717, 1.165) is 22.1 Å². The summed E-state index contributed by atoms with van der Waals surface area (Å²) in [4.78, 5) is 17.0. The van der Waals surface area contributed by atoms with Crippen molar-refractivity contribution < 1.29 is 4.79 Å². The predicted molar refractivity (Wildman–Crippen MR) is 102 cm³/mol. The van der Waals surface area contributed by atoms with Crippen LogP contribution in [-0.4, -0.2) is 26.5 Å². The van der Waals surface area contributed by atoms with E-state index < -0.39 is 0 Å². The highest BCUT2D eigenvalue weighted by atomic mass is 16.2. The van der Waals surface area contributed by atoms with Crippen molar-refractivity contribution in [1.82, 2.24) is 0 Å². The molecular formula is C21H22N2O. The van der Waals surface area contributed by atoms with Crippen molar-refractivity contribution >= 4 is 28.1 Å². The molecule has 122 valence electrons. The number of rotatable bonds is 4. The number of anilines is 2. The number of fused-ring (bicyclic) bond motifs is 1. The molecule has 0 fully saturated rings. The Labute approximate surface area is 143 Å². The Bertz CT molecular complexity index is 865. The molecule has 0 bridgehead atoms. The van der Waals surface area contributed by atoms with Gasteiger partial charge in [0.25, 0.3) is 5.91 Å². The fourth-order valence-corrected chi connectivity index (χ4v) is 2.94. The highest BCUT2D eigenvalue weighted by Crippen LogP contribution is 2.28. The Morgan fingerprint density at radius 2 is 1.62 bits per heavy atom. The van der Waals surface area contributed by atoms with Gasteiger partial charge in [0.1, 0.15) is 0 Å². The first kappa shape index (κ1) is 16.1. The van der Waals surface area contributed by atoms with E-state index in [1.54, 1.807) is 0 Å². The maximum atomic E-state index is 13.1. The van der Waals surface area contributed by atoms with Gasteiger partial charge in [-0.1, -0.05) is 42.5 Å². The maximum absolute atomic E-state index is 13.1. The monoisotopic (exact) mass is 318 g/mol. The van der Waals surface area contributed by atoms with E-state index in [9.17, 15) is 4.79 Å². The zero-order chi connectivity index (χ0) is 17.1. The third-order valence-electron chi connectivity index (χ3n) is 4.23. The maximum Gasteiger partial charge on any atom is 0.258 e. The average Bonchev–Trinajstić information content (AvgIpc) is 2.62. The van der Waals surface area contributed by atoms with Gasteiger partial charge in [0, 0.05) is 37.3 Å². The van der Waals surface area contributed by atoms with Crippen LogP contribution in [0.1, 0.15) is 17.3 Å². The SMILES string of the molecule is CCN(C(=O)c1cccc(N(C)C)c1)c1cccc2ccccc12. The smallest absolute Gasteiger partial charge is 0.258 e. The molecule has 0 heterocycles. The van der Waals surface area contributed by atoms with Crippen molar-refractivity contribution in [3.63, 3.8) is 0 Å². The van der Waals surface area contributed by atoms with Gasteiger partial charge in [-0.3, -0.25) is 4.79 Å². The highest BCUT2D eigenvalue weighted by Gasteiger charge is 2.18. The molecule has 3 nitrogen and oxygen atoms in total. The van der Waals surface area contributed by atoms with Crippen LogP contribution in [0.15, 0.2) is 66.7 Å². The van der Waals surface area contributed by atoms with Gasteiger partial charge in [-0.2, -0.15) is 0 Å². The number of hydrogen-bond acceptors (Lipinski definition) is 2. The average molecular weight is 318 g/mol. The summed E-state index contributed by atoms with van der Waals surface area (Å²) in [6.07, 6.45) is 0. The van der Waals surface area contributed by atoms with Gasteiger partial charge in [-0.15, -0.1) is 0 Å². The van der Waals surface area contributed by atoms with Crippen molar-refractivity contribution in [2.75, 3.05) is 30.4 Å². The number of benzene rings is 3. The van der Waals surface area contributed by atoms with Crippen LogP contribution in [0.5, 0.6) is 0 Å². The highest BCUT2D eigenvalue weighted by molar-refractivity contribution is 6.11. The topological polar surface area (TPSA) is 23.6 Å². The Morgan fingerprint density at radius 3 is 2.38 bits per heavy atom. The summed E-state index contributed by atoms with van der Waals surface area (Å²) in [5.41, 5.74) is 2.68. The molecule has 3 aromatic carbocycles. The van der Waals surface area contributed by atoms with Crippen LogP contribution in [0.2, 0.25) is 0 Å². The largest absolute Gasteiger partial charge is 0.378 e. The van der Waals surface area contributed by atoms with Gasteiger partial charge < -0.3 is 9.80 Å². The molecule has 0 atom stereocenters. The van der Waals surface area contributed by atoms with Gasteiger partial charge in [0.05, 0.1) is 5.69 Å². The number of hydrogen-bond donors (Lipinski definition) is 0. The molecule has 24 heavy (non-hydrogen) atoms. The molecule has 0 aromatic heterocycles. The van der Waals surface area contributed by atoms with E-state index in [2.05, 4.69) is 18.2 Å². The van der Waals surface area contributed by atoms with Crippen molar-refractivity contribution in [1.29, 1.82) is 0 Å². The lowest BCUT2D eigenvalue weighted by molar-refractivity contribution is 0.0988. The molecule has 0 radical (unpaired) electrons. The lowest BCUT2D eigenvalue weighted by Crippen LogP contribution is -2.31. The fraction of sp³-hybridized carbons (Fsp3) is 0.190. The number of carbonyl (C=O) groups excluding carboxylic acids is 1. The standard InChI is InChI=1S/C21H22N2O/c1-4-23(20-14-8-10-16-9-5-6-13-19(16)20)21(24)17-11-7-12-18(15-17)22(2)3/h5-15H,4H2,1-3H3. The molecule has 0 saturated carbocycles. The van der Waals surface area contributed by atoms with Crippen molar-refractivity contribution in [3.8, 4) is 0 Å². The Balaban J connectivity index is 2.05. The second-order valence-electron chi connectivity index (χ2n) is 5.99. The van der Waals surface area contributed by atoms with E-state index in [1.807, 2.05) is 79.3 Å². The van der Waals surface area contributed by atoms with Gasteiger partial charge in [-0.25, -0.2) is 0 Å². The molecule has 0 unspecified atom stereocenters. The Morgan fingerprint density at radius 1 is 0.917 bits per heavy atom. The van der Waals surface area contributed by atoms with Gasteiger partial charge in [0.2, 0.25) is 0 Å². The number of nitrogens with zero attached hydrogens (tertiary/aromatic N) is 2. The summed E-state index contributed by atoms with van der Waals surface area (Å²) in [6.45, 7) is 2.63. The molecule has 0 aliphatic carbocycles. The molecular weight excluding hydrogens is 296 g/mol. The molecule has 3 rings (SSSR count). The number of carbonyl (C=O) groups is 1. The van der Waals surface area contributed by atoms with Gasteiger partial charge in [0.15, 0.2) is 0 Å². The quantitative estimate of drug-likeness (QED) is 0.703. The van der Waals surface area contributed by atoms with Crippen LogP contribution in [-0.2, 0) is 0 Å². The second-order valence-corrected chi connectivity index (χ2v) is 5.99. The molecule has 0 N–H and O–H groups in total. The van der Waals surface area contributed by atoms with Crippen LogP contribution in [0.4, 0.5) is 11.4 Å². The van der Waals surface area contributed by atoms with Crippen LogP contribution >= 0.6 is 0 Å². The summed E-state index contributed by atoms with van der Waals surface area (Å²) in [6, 6.07) is 22.0. The van der Waals surface area contributed by atoms with Crippen molar-refractivity contribution in [2.24, 2.45) is 0 Å². The first-order chi connectivity index (χ1) is 11.6. The van der Waals surface area contributed by atoms with E-state index in [4.69, 9.17) is 0 Å². The molecule has 3 heteroatoms. The van der Waals surface area contributed by atoms with E-state index in [0.29, 0.717) is 12.1 Å². The predicted octanol–water partition coefficient (Wildman–Crippen LogP) is 4.57. The van der Waals surface area contributed by atoms with Gasteiger partial charge >= 0.3 is 0 Å². The van der Waals surface area contributed by atoms with E-state index >= 15 is 0 Å². The minimum atomic E-state index is 0.0255. The molecule has 0 aliphatic rings. The molecule has 0 saturated heterocycles. The molecule has 0 spiro atoms. The van der Waals surface area contributed by atoms with Gasteiger partial charge in [-0.05, 0) is 36.6 Å². The lowest BCUT2D eigenvalue weighted by atomic mass is 10.1. The Hall–Kier alpha value is -2.81. The molecule has 1 amide bonds.